The molecule has 4 atom stereocenters. The van der Waals surface area contributed by atoms with Gasteiger partial charge in [-0.15, -0.1) is 0 Å². The zero-order valence-electron chi connectivity index (χ0n) is 11.5. The number of halogens is 1. The van der Waals surface area contributed by atoms with E-state index >= 15 is 0 Å². The van der Waals surface area contributed by atoms with Gasteiger partial charge in [0.1, 0.15) is 24.1 Å². The van der Waals surface area contributed by atoms with Crippen LogP contribution in [0.2, 0.25) is 0 Å². The highest BCUT2D eigenvalue weighted by molar-refractivity contribution is 7.55. The van der Waals surface area contributed by atoms with Gasteiger partial charge in [0.05, 0.1) is 6.33 Å². The van der Waals surface area contributed by atoms with E-state index in [1.165, 1.54) is 17.2 Å². The summed E-state index contributed by atoms with van der Waals surface area (Å²) in [6.07, 6.45) is -2.58. The second kappa shape index (κ2) is 5.62. The molecule has 5 N–H and O–H groups in total. The van der Waals surface area contributed by atoms with Crippen molar-refractivity contribution in [2.24, 2.45) is 0 Å². The van der Waals surface area contributed by atoms with Crippen LogP contribution in [0.3, 0.4) is 0 Å². The highest BCUT2D eigenvalue weighted by Gasteiger charge is 2.45. The maximum Gasteiger partial charge on any atom is 0.348 e. The molecule has 1 fully saturated rings. The predicted molar refractivity (Wildman–Crippen MR) is 75.7 cm³/mol. The van der Waals surface area contributed by atoms with Gasteiger partial charge in [-0.25, -0.2) is 19.3 Å². The summed E-state index contributed by atoms with van der Waals surface area (Å²) in [7, 11) is -4.44. The number of aromatic nitrogens is 4. The standard InChI is InChI=1S/C11H13FN5O5P/c12-6-8(18)5(1-2-23(19,20)21)22-11(6)17-4-16-7-9(13)14-3-15-10(7)17/h1-6,8,11,18H,(H2,13,14,15)(H2,19,20,21)/b2-1+. The minimum atomic E-state index is -4.44. The normalized spacial score (nSPS) is 28.9. The maximum atomic E-state index is 14.3. The molecule has 12 heteroatoms. The Labute approximate surface area is 128 Å². The van der Waals surface area contributed by atoms with Crippen LogP contribution in [-0.4, -0.2) is 52.8 Å². The Balaban J connectivity index is 1.93. The van der Waals surface area contributed by atoms with Gasteiger partial charge in [0.15, 0.2) is 23.9 Å². The molecule has 1 aliphatic heterocycles. The summed E-state index contributed by atoms with van der Waals surface area (Å²) in [5.41, 5.74) is 6.12. The SMILES string of the molecule is Nc1ncnc2c1ncn2C1OC(/C=C/P(=O)(O)O)C(O)C1F. The van der Waals surface area contributed by atoms with Crippen molar-refractivity contribution >= 4 is 24.6 Å². The Morgan fingerprint density at radius 2 is 2.13 bits per heavy atom. The van der Waals surface area contributed by atoms with E-state index in [-0.39, 0.29) is 17.0 Å². The number of nitrogens with zero attached hydrogens (tertiary/aromatic N) is 4. The van der Waals surface area contributed by atoms with E-state index in [0.29, 0.717) is 5.82 Å². The van der Waals surface area contributed by atoms with Crippen LogP contribution in [0.1, 0.15) is 6.23 Å². The van der Waals surface area contributed by atoms with Crippen LogP contribution in [0.25, 0.3) is 11.2 Å². The topological polar surface area (TPSA) is 157 Å². The van der Waals surface area contributed by atoms with Crippen molar-refractivity contribution < 1.29 is 28.6 Å². The number of imidazole rings is 1. The van der Waals surface area contributed by atoms with E-state index in [4.69, 9.17) is 20.3 Å². The largest absolute Gasteiger partial charge is 0.387 e. The lowest BCUT2D eigenvalue weighted by Crippen LogP contribution is -2.27. The molecule has 0 saturated carbocycles. The number of anilines is 1. The fourth-order valence-electron chi connectivity index (χ4n) is 2.30. The fraction of sp³-hybridized carbons (Fsp3) is 0.364. The quantitative estimate of drug-likeness (QED) is 0.548. The number of alkyl halides is 1. The van der Waals surface area contributed by atoms with Crippen molar-refractivity contribution in [3.63, 3.8) is 0 Å². The van der Waals surface area contributed by atoms with Crippen molar-refractivity contribution in [3.8, 4) is 0 Å². The molecule has 0 aromatic carbocycles. The Kier molecular flexibility index (Phi) is 3.90. The number of nitrogens with two attached hydrogens (primary N) is 1. The fourth-order valence-corrected chi connectivity index (χ4v) is 2.69. The summed E-state index contributed by atoms with van der Waals surface area (Å²) in [5, 5.41) is 9.85. The van der Waals surface area contributed by atoms with Gasteiger partial charge in [0, 0.05) is 5.82 Å². The number of fused-ring (bicyclic) bond motifs is 1. The van der Waals surface area contributed by atoms with Crippen LogP contribution < -0.4 is 5.73 Å². The summed E-state index contributed by atoms with van der Waals surface area (Å²) in [6, 6.07) is 0. The molecule has 2 aromatic heterocycles. The second-order valence-electron chi connectivity index (χ2n) is 4.94. The van der Waals surface area contributed by atoms with Crippen LogP contribution in [0, 0.1) is 0 Å². The van der Waals surface area contributed by atoms with E-state index in [1.54, 1.807) is 0 Å². The van der Waals surface area contributed by atoms with Crippen molar-refractivity contribution in [3.05, 3.63) is 24.5 Å². The first-order valence-corrected chi connectivity index (χ1v) is 8.11. The molecule has 3 heterocycles. The van der Waals surface area contributed by atoms with Crippen LogP contribution in [0.4, 0.5) is 10.2 Å². The van der Waals surface area contributed by atoms with Crippen LogP contribution in [0.15, 0.2) is 24.5 Å². The van der Waals surface area contributed by atoms with E-state index in [2.05, 4.69) is 15.0 Å². The monoisotopic (exact) mass is 345 g/mol. The minimum Gasteiger partial charge on any atom is -0.387 e. The zero-order chi connectivity index (χ0) is 16.8. The lowest BCUT2D eigenvalue weighted by molar-refractivity contribution is -0.00168. The molecule has 3 rings (SSSR count). The first-order chi connectivity index (χ1) is 10.8. The second-order valence-corrected chi connectivity index (χ2v) is 6.42. The minimum absolute atomic E-state index is 0.112. The Bertz CT molecular complexity index is 807. The van der Waals surface area contributed by atoms with Crippen molar-refractivity contribution in [2.75, 3.05) is 5.73 Å². The smallest absolute Gasteiger partial charge is 0.348 e. The number of aliphatic hydroxyl groups is 1. The van der Waals surface area contributed by atoms with Gasteiger partial charge in [-0.05, 0) is 6.08 Å². The number of ether oxygens (including phenoxy) is 1. The lowest BCUT2D eigenvalue weighted by atomic mass is 10.1. The van der Waals surface area contributed by atoms with E-state index < -0.39 is 32.2 Å². The van der Waals surface area contributed by atoms with Crippen molar-refractivity contribution in [2.45, 2.75) is 24.6 Å². The molecule has 4 unspecified atom stereocenters. The molecule has 0 aliphatic carbocycles. The first-order valence-electron chi connectivity index (χ1n) is 6.43. The first kappa shape index (κ1) is 16.0. The summed E-state index contributed by atoms with van der Waals surface area (Å²) < 4.78 is 31.7. The third-order valence-corrected chi connectivity index (χ3v) is 3.92. The van der Waals surface area contributed by atoms with E-state index in [9.17, 15) is 14.1 Å². The molecular weight excluding hydrogens is 332 g/mol. The Hall–Kier alpha value is -1.91. The van der Waals surface area contributed by atoms with Gasteiger partial charge in [0.25, 0.3) is 0 Å². The van der Waals surface area contributed by atoms with Crippen molar-refractivity contribution in [1.82, 2.24) is 19.5 Å². The average Bonchev–Trinajstić information content (AvgIpc) is 3.01. The maximum absolute atomic E-state index is 14.3. The summed E-state index contributed by atoms with van der Waals surface area (Å²) in [5.74, 6) is 0.669. The van der Waals surface area contributed by atoms with Gasteiger partial charge < -0.3 is 25.4 Å². The zero-order valence-corrected chi connectivity index (χ0v) is 12.4. The van der Waals surface area contributed by atoms with Crippen LogP contribution >= 0.6 is 7.60 Å². The number of hydrogen-bond acceptors (Lipinski definition) is 7. The predicted octanol–water partition coefficient (Wildman–Crippen LogP) is -0.304. The van der Waals surface area contributed by atoms with Crippen molar-refractivity contribution in [1.29, 1.82) is 0 Å². The number of aliphatic hydroxyl groups excluding tert-OH is 1. The van der Waals surface area contributed by atoms with Gasteiger partial charge >= 0.3 is 7.60 Å². The number of hydrogen-bond donors (Lipinski definition) is 4. The van der Waals surface area contributed by atoms with E-state index in [0.717, 1.165) is 6.08 Å². The third-order valence-electron chi connectivity index (χ3n) is 3.36. The van der Waals surface area contributed by atoms with Crippen LogP contribution in [0.5, 0.6) is 0 Å². The Morgan fingerprint density at radius 3 is 2.83 bits per heavy atom. The molecule has 0 radical (unpaired) electrons. The van der Waals surface area contributed by atoms with Gasteiger partial charge in [-0.3, -0.25) is 9.13 Å². The highest BCUT2D eigenvalue weighted by Crippen LogP contribution is 2.39. The summed E-state index contributed by atoms with van der Waals surface area (Å²) in [6.45, 7) is 0. The molecule has 1 aliphatic rings. The third kappa shape index (κ3) is 2.96. The van der Waals surface area contributed by atoms with Crippen LogP contribution in [-0.2, 0) is 9.30 Å². The molecule has 0 amide bonds. The average molecular weight is 345 g/mol. The molecule has 23 heavy (non-hydrogen) atoms. The number of rotatable bonds is 3. The van der Waals surface area contributed by atoms with Gasteiger partial charge in [-0.1, -0.05) is 0 Å². The lowest BCUT2D eigenvalue weighted by Gasteiger charge is -2.14. The molecule has 0 spiro atoms. The molecule has 0 bridgehead atoms. The summed E-state index contributed by atoms with van der Waals surface area (Å²) >= 11 is 0. The highest BCUT2D eigenvalue weighted by atomic mass is 31.2. The molecule has 10 nitrogen and oxygen atoms in total. The molecule has 1 saturated heterocycles. The summed E-state index contributed by atoms with van der Waals surface area (Å²) in [4.78, 5) is 29.3. The van der Waals surface area contributed by atoms with E-state index in [1.807, 2.05) is 0 Å². The number of nitrogen functional groups attached to an aromatic ring is 1. The Morgan fingerprint density at radius 1 is 1.39 bits per heavy atom. The molecular formula is C11H13FN5O5P. The van der Waals surface area contributed by atoms with Gasteiger partial charge in [0.2, 0.25) is 0 Å². The van der Waals surface area contributed by atoms with Gasteiger partial charge in [-0.2, -0.15) is 0 Å². The molecule has 2 aromatic rings. The molecule has 124 valence electrons.